The normalized spacial score (nSPS) is 24.8. The van der Waals surface area contributed by atoms with Crippen LogP contribution in [0.1, 0.15) is 32.6 Å². The van der Waals surface area contributed by atoms with Gasteiger partial charge in [0.1, 0.15) is 0 Å². The summed E-state index contributed by atoms with van der Waals surface area (Å²) in [7, 11) is -3.11. The van der Waals surface area contributed by atoms with Crippen molar-refractivity contribution >= 4 is 10.0 Å². The number of nitrogens with zero attached hydrogens (tertiary/aromatic N) is 1. The lowest BCUT2D eigenvalue weighted by Gasteiger charge is -2.23. The first-order valence-electron chi connectivity index (χ1n) is 7.53. The Balaban J connectivity index is 1.67. The molecule has 0 radical (unpaired) electrons. The molecule has 112 valence electrons. The molecule has 0 spiro atoms. The van der Waals surface area contributed by atoms with Gasteiger partial charge in [0.15, 0.2) is 0 Å². The van der Waals surface area contributed by atoms with Gasteiger partial charge in [0.2, 0.25) is 10.0 Å². The second-order valence-corrected chi connectivity index (χ2v) is 7.60. The molecular formula is C13H27N3O2S. The van der Waals surface area contributed by atoms with Gasteiger partial charge in [0.25, 0.3) is 0 Å². The second-order valence-electron chi connectivity index (χ2n) is 5.75. The molecule has 1 aliphatic carbocycles. The lowest BCUT2D eigenvalue weighted by Crippen LogP contribution is -2.40. The van der Waals surface area contributed by atoms with Crippen molar-refractivity contribution in [3.63, 3.8) is 0 Å². The highest BCUT2D eigenvalue weighted by atomic mass is 32.2. The van der Waals surface area contributed by atoms with Gasteiger partial charge in [0.05, 0.1) is 5.75 Å². The second kappa shape index (κ2) is 7.02. The molecule has 0 aromatic heterocycles. The molecule has 1 aliphatic heterocycles. The van der Waals surface area contributed by atoms with E-state index in [2.05, 4.69) is 21.9 Å². The van der Waals surface area contributed by atoms with Gasteiger partial charge in [-0.1, -0.05) is 6.92 Å². The molecule has 1 saturated heterocycles. The molecule has 6 heteroatoms. The highest BCUT2D eigenvalue weighted by Crippen LogP contribution is 2.25. The Hall–Kier alpha value is -0.170. The average Bonchev–Trinajstić information content (AvgIpc) is 3.19. The fourth-order valence-corrected chi connectivity index (χ4v) is 4.24. The van der Waals surface area contributed by atoms with E-state index in [-0.39, 0.29) is 11.7 Å². The van der Waals surface area contributed by atoms with Crippen LogP contribution in [0.5, 0.6) is 0 Å². The smallest absolute Gasteiger partial charge is 0.211 e. The van der Waals surface area contributed by atoms with Crippen LogP contribution in [0, 0.1) is 5.92 Å². The molecule has 2 aliphatic rings. The Labute approximate surface area is 117 Å². The molecule has 1 unspecified atom stereocenters. The van der Waals surface area contributed by atoms with E-state index in [1.807, 2.05) is 0 Å². The third-order valence-electron chi connectivity index (χ3n) is 4.04. The zero-order valence-corrected chi connectivity index (χ0v) is 12.7. The Morgan fingerprint density at radius 2 is 2.11 bits per heavy atom. The maximum atomic E-state index is 12.0. The van der Waals surface area contributed by atoms with Crippen molar-refractivity contribution in [3.8, 4) is 0 Å². The van der Waals surface area contributed by atoms with Crippen molar-refractivity contribution in [1.29, 1.82) is 0 Å². The minimum absolute atomic E-state index is 0.273. The Morgan fingerprint density at radius 3 is 2.68 bits per heavy atom. The van der Waals surface area contributed by atoms with E-state index >= 15 is 0 Å². The topological polar surface area (TPSA) is 61.4 Å². The number of nitrogens with one attached hydrogen (secondary N) is 2. The summed E-state index contributed by atoms with van der Waals surface area (Å²) >= 11 is 0. The largest absolute Gasteiger partial charge is 0.316 e. The molecule has 0 bridgehead atoms. The summed E-state index contributed by atoms with van der Waals surface area (Å²) in [6, 6.07) is 0.706. The van der Waals surface area contributed by atoms with Crippen molar-refractivity contribution in [2.24, 2.45) is 5.92 Å². The van der Waals surface area contributed by atoms with Gasteiger partial charge in [-0.3, -0.25) is 4.90 Å². The third-order valence-corrected chi connectivity index (χ3v) is 5.60. The molecule has 2 rings (SSSR count). The van der Waals surface area contributed by atoms with E-state index in [9.17, 15) is 8.42 Å². The fraction of sp³-hybridized carbons (Fsp3) is 1.00. The number of rotatable bonds is 8. The van der Waals surface area contributed by atoms with Crippen LogP contribution in [0.2, 0.25) is 0 Å². The van der Waals surface area contributed by atoms with Gasteiger partial charge in [-0.25, -0.2) is 13.1 Å². The van der Waals surface area contributed by atoms with Gasteiger partial charge in [-0.2, -0.15) is 0 Å². The molecule has 0 amide bonds. The molecule has 5 nitrogen and oxygen atoms in total. The van der Waals surface area contributed by atoms with Crippen molar-refractivity contribution in [2.45, 2.75) is 38.6 Å². The number of sulfonamides is 1. The zero-order chi connectivity index (χ0) is 13.7. The van der Waals surface area contributed by atoms with Crippen LogP contribution in [0.25, 0.3) is 0 Å². The van der Waals surface area contributed by atoms with Gasteiger partial charge in [-0.15, -0.1) is 0 Å². The van der Waals surface area contributed by atoms with Crippen LogP contribution in [-0.2, 0) is 10.0 Å². The summed E-state index contributed by atoms with van der Waals surface area (Å²) in [5.41, 5.74) is 0. The summed E-state index contributed by atoms with van der Waals surface area (Å²) in [6.07, 6.45) is 4.66. The van der Waals surface area contributed by atoms with Crippen LogP contribution in [0.15, 0.2) is 0 Å². The highest BCUT2D eigenvalue weighted by Gasteiger charge is 2.27. The fourth-order valence-electron chi connectivity index (χ4n) is 2.82. The summed E-state index contributed by atoms with van der Waals surface area (Å²) < 4.78 is 26.7. The minimum atomic E-state index is -3.11. The molecule has 1 saturated carbocycles. The molecule has 2 N–H and O–H groups in total. The Morgan fingerprint density at radius 1 is 1.32 bits per heavy atom. The molecule has 2 fully saturated rings. The van der Waals surface area contributed by atoms with Gasteiger partial charge in [-0.05, 0) is 51.2 Å². The monoisotopic (exact) mass is 289 g/mol. The summed E-state index contributed by atoms with van der Waals surface area (Å²) in [5, 5.41) is 3.26. The van der Waals surface area contributed by atoms with Gasteiger partial charge in [0, 0.05) is 19.1 Å². The maximum Gasteiger partial charge on any atom is 0.211 e. The summed E-state index contributed by atoms with van der Waals surface area (Å²) in [6.45, 7) is 6.40. The lowest BCUT2D eigenvalue weighted by molar-refractivity contribution is 0.282. The van der Waals surface area contributed by atoms with Crippen LogP contribution < -0.4 is 10.0 Å². The highest BCUT2D eigenvalue weighted by molar-refractivity contribution is 7.89. The van der Waals surface area contributed by atoms with E-state index in [0.29, 0.717) is 12.6 Å². The number of hydrogen-bond acceptors (Lipinski definition) is 4. The van der Waals surface area contributed by atoms with Crippen LogP contribution in [-0.4, -0.2) is 57.8 Å². The SMILES string of the molecule is CCN(CCNS(=O)(=O)CC1CCCNC1)C1CC1. The first-order chi connectivity index (χ1) is 9.11. The maximum absolute atomic E-state index is 12.0. The molecule has 19 heavy (non-hydrogen) atoms. The number of likely N-dealkylation sites (N-methyl/N-ethyl adjacent to an activating group) is 1. The predicted octanol–water partition coefficient (Wildman–Crippen LogP) is 0.390. The van der Waals surface area contributed by atoms with E-state index in [0.717, 1.165) is 39.0 Å². The molecule has 1 atom stereocenters. The average molecular weight is 289 g/mol. The number of hydrogen-bond donors (Lipinski definition) is 2. The van der Waals surface area contributed by atoms with Crippen molar-refractivity contribution in [3.05, 3.63) is 0 Å². The first kappa shape index (κ1) is 15.2. The van der Waals surface area contributed by atoms with E-state index in [1.165, 1.54) is 12.8 Å². The van der Waals surface area contributed by atoms with E-state index in [4.69, 9.17) is 0 Å². The lowest BCUT2D eigenvalue weighted by atomic mass is 10.0. The van der Waals surface area contributed by atoms with Crippen LogP contribution >= 0.6 is 0 Å². The van der Waals surface area contributed by atoms with Crippen LogP contribution in [0.3, 0.4) is 0 Å². The van der Waals surface area contributed by atoms with Gasteiger partial charge >= 0.3 is 0 Å². The molecule has 1 heterocycles. The van der Waals surface area contributed by atoms with Crippen molar-refractivity contribution < 1.29 is 8.42 Å². The zero-order valence-electron chi connectivity index (χ0n) is 11.9. The quantitative estimate of drug-likeness (QED) is 0.678. The summed E-state index contributed by atoms with van der Waals surface area (Å²) in [5.74, 6) is 0.548. The predicted molar refractivity (Wildman–Crippen MR) is 77.7 cm³/mol. The van der Waals surface area contributed by atoms with Gasteiger partial charge < -0.3 is 5.32 Å². The van der Waals surface area contributed by atoms with E-state index < -0.39 is 10.0 Å². The molecular weight excluding hydrogens is 262 g/mol. The van der Waals surface area contributed by atoms with E-state index in [1.54, 1.807) is 0 Å². The molecule has 0 aromatic rings. The molecule has 0 aromatic carbocycles. The van der Waals surface area contributed by atoms with Crippen molar-refractivity contribution in [2.75, 3.05) is 38.5 Å². The number of piperidine rings is 1. The third kappa shape index (κ3) is 5.38. The Kier molecular flexibility index (Phi) is 5.62. The first-order valence-corrected chi connectivity index (χ1v) is 9.18. The minimum Gasteiger partial charge on any atom is -0.316 e. The summed E-state index contributed by atoms with van der Waals surface area (Å²) in [4.78, 5) is 2.37. The standard InChI is InChI=1S/C13H27N3O2S/c1-2-16(13-5-6-13)9-8-15-19(17,18)11-12-4-3-7-14-10-12/h12-15H,2-11H2,1H3. The Bertz CT molecular complexity index is 362. The van der Waals surface area contributed by atoms with Crippen LogP contribution in [0.4, 0.5) is 0 Å². The van der Waals surface area contributed by atoms with Crippen molar-refractivity contribution in [1.82, 2.24) is 14.9 Å².